The van der Waals surface area contributed by atoms with E-state index in [9.17, 15) is 14.7 Å². The average molecular weight is 765 g/mol. The first-order chi connectivity index (χ1) is 27.1. The maximum atomic E-state index is 12.2. The highest BCUT2D eigenvalue weighted by Crippen LogP contribution is 2.14. The number of rotatable bonds is 40. The molecule has 0 bridgehead atoms. The average Bonchev–Trinajstić information content (AvgIpc) is 3.19. The Morgan fingerprint density at radius 2 is 0.782 bits per heavy atom. The monoisotopic (exact) mass is 765 g/mol. The molecule has 0 heterocycles. The number of carbonyl (C=O) groups is 2. The van der Waals surface area contributed by atoms with E-state index >= 15 is 0 Å². The zero-order chi connectivity index (χ0) is 40.0. The van der Waals surface area contributed by atoms with Crippen molar-refractivity contribution in [2.24, 2.45) is 0 Å². The van der Waals surface area contributed by atoms with Crippen LogP contribution in [0.3, 0.4) is 0 Å². The number of hydrogen-bond acceptors (Lipinski definition) is 5. The Labute approximate surface area is 339 Å². The molecule has 0 fully saturated rings. The Balaban J connectivity index is 3.56. The highest BCUT2D eigenvalue weighted by Gasteiger charge is 2.16. The predicted octanol–water partition coefficient (Wildman–Crippen LogP) is 14.7. The largest absolute Gasteiger partial charge is 0.462 e. The fourth-order valence-electron chi connectivity index (χ4n) is 6.02. The summed E-state index contributed by atoms with van der Waals surface area (Å²) in [4.78, 5) is 24.3. The quantitative estimate of drug-likeness (QED) is 0.0382. The van der Waals surface area contributed by atoms with Crippen LogP contribution in [0.25, 0.3) is 0 Å². The molecule has 5 heteroatoms. The zero-order valence-corrected chi connectivity index (χ0v) is 35.7. The molecule has 0 saturated heterocycles. The molecule has 0 aromatic heterocycles. The van der Waals surface area contributed by atoms with Crippen LogP contribution in [0.15, 0.2) is 85.1 Å². The van der Waals surface area contributed by atoms with Gasteiger partial charge in [-0.3, -0.25) is 9.59 Å². The van der Waals surface area contributed by atoms with Gasteiger partial charge in [0.15, 0.2) is 6.10 Å². The van der Waals surface area contributed by atoms with Crippen LogP contribution in [-0.4, -0.2) is 36.4 Å². The maximum Gasteiger partial charge on any atom is 0.306 e. The van der Waals surface area contributed by atoms with Gasteiger partial charge in [0, 0.05) is 12.8 Å². The van der Waals surface area contributed by atoms with Gasteiger partial charge in [-0.1, -0.05) is 182 Å². The van der Waals surface area contributed by atoms with Gasteiger partial charge >= 0.3 is 11.9 Å². The van der Waals surface area contributed by atoms with E-state index in [1.807, 2.05) is 0 Å². The molecule has 0 radical (unpaired) electrons. The number of unbranched alkanes of at least 4 members (excludes halogenated alkanes) is 18. The first-order valence-electron chi connectivity index (χ1n) is 22.6. The van der Waals surface area contributed by atoms with Crippen molar-refractivity contribution in [1.29, 1.82) is 0 Å². The molecule has 5 nitrogen and oxygen atoms in total. The third kappa shape index (κ3) is 43.7. The van der Waals surface area contributed by atoms with E-state index in [1.54, 1.807) is 0 Å². The van der Waals surface area contributed by atoms with Gasteiger partial charge in [-0.15, -0.1) is 0 Å². The van der Waals surface area contributed by atoms with Crippen LogP contribution in [0.1, 0.15) is 200 Å². The Hall–Kier alpha value is -2.92. The van der Waals surface area contributed by atoms with Crippen molar-refractivity contribution < 1.29 is 24.2 Å². The number of esters is 2. The highest BCUT2D eigenvalue weighted by atomic mass is 16.6. The van der Waals surface area contributed by atoms with Crippen LogP contribution >= 0.6 is 0 Å². The molecule has 55 heavy (non-hydrogen) atoms. The molecule has 0 spiro atoms. The normalized spacial score (nSPS) is 13.0. The summed E-state index contributed by atoms with van der Waals surface area (Å²) in [6.07, 6.45) is 62.3. The van der Waals surface area contributed by atoms with Gasteiger partial charge in [-0.05, 0) is 89.9 Å². The second-order valence-electron chi connectivity index (χ2n) is 14.7. The number of carbonyl (C=O) groups excluding carboxylic acids is 2. The molecule has 0 aromatic rings. The van der Waals surface area contributed by atoms with Crippen LogP contribution < -0.4 is 0 Å². The fourth-order valence-corrected chi connectivity index (χ4v) is 6.02. The predicted molar refractivity (Wildman–Crippen MR) is 237 cm³/mol. The van der Waals surface area contributed by atoms with Crippen molar-refractivity contribution >= 4 is 11.9 Å². The molecular formula is C50H84O5. The first-order valence-corrected chi connectivity index (χ1v) is 22.6. The van der Waals surface area contributed by atoms with Crippen molar-refractivity contribution in [2.75, 3.05) is 13.2 Å². The van der Waals surface area contributed by atoms with Crippen LogP contribution in [0.5, 0.6) is 0 Å². The molecule has 0 rings (SSSR count). The van der Waals surface area contributed by atoms with Crippen molar-refractivity contribution in [3.63, 3.8) is 0 Å². The van der Waals surface area contributed by atoms with Gasteiger partial charge in [-0.2, -0.15) is 0 Å². The summed E-state index contributed by atoms with van der Waals surface area (Å²) in [5, 5.41) is 9.57. The zero-order valence-electron chi connectivity index (χ0n) is 35.7. The second kappa shape index (κ2) is 45.5. The Morgan fingerprint density at radius 1 is 0.436 bits per heavy atom. The smallest absolute Gasteiger partial charge is 0.306 e. The summed E-state index contributed by atoms with van der Waals surface area (Å²) in [6, 6.07) is 0. The van der Waals surface area contributed by atoms with Gasteiger partial charge in [0.05, 0.1) is 6.61 Å². The summed E-state index contributed by atoms with van der Waals surface area (Å²) in [7, 11) is 0. The van der Waals surface area contributed by atoms with Gasteiger partial charge < -0.3 is 14.6 Å². The summed E-state index contributed by atoms with van der Waals surface area (Å²) in [5.74, 6) is -0.611. The topological polar surface area (TPSA) is 72.8 Å². The first kappa shape index (κ1) is 52.1. The number of aliphatic hydroxyl groups excluding tert-OH is 1. The second-order valence-corrected chi connectivity index (χ2v) is 14.7. The van der Waals surface area contributed by atoms with E-state index in [0.717, 1.165) is 83.5 Å². The summed E-state index contributed by atoms with van der Waals surface area (Å²) >= 11 is 0. The Morgan fingerprint density at radius 3 is 1.20 bits per heavy atom. The van der Waals surface area contributed by atoms with Gasteiger partial charge in [0.1, 0.15) is 6.61 Å². The van der Waals surface area contributed by atoms with E-state index in [1.165, 1.54) is 89.9 Å². The summed E-state index contributed by atoms with van der Waals surface area (Å²) in [5.41, 5.74) is 0. The van der Waals surface area contributed by atoms with Crippen LogP contribution in [0.2, 0.25) is 0 Å². The molecule has 0 saturated carbocycles. The number of aliphatic hydroxyl groups is 1. The minimum atomic E-state index is -0.780. The summed E-state index contributed by atoms with van der Waals surface area (Å²) in [6.45, 7) is 3.98. The third-order valence-corrected chi connectivity index (χ3v) is 9.42. The summed E-state index contributed by atoms with van der Waals surface area (Å²) < 4.78 is 10.6. The molecule has 1 atom stereocenters. The molecule has 0 aliphatic rings. The molecule has 1 N–H and O–H groups in total. The molecular weight excluding hydrogens is 681 g/mol. The lowest BCUT2D eigenvalue weighted by Gasteiger charge is -2.15. The maximum absolute atomic E-state index is 12.2. The van der Waals surface area contributed by atoms with E-state index in [-0.39, 0.29) is 25.2 Å². The Bertz CT molecular complexity index is 1050. The van der Waals surface area contributed by atoms with Crippen molar-refractivity contribution in [1.82, 2.24) is 0 Å². The minimum absolute atomic E-state index is 0.0752. The lowest BCUT2D eigenvalue weighted by atomic mass is 10.0. The Kier molecular flexibility index (Phi) is 43.1. The lowest BCUT2D eigenvalue weighted by molar-refractivity contribution is -0.161. The van der Waals surface area contributed by atoms with E-state index in [2.05, 4.69) is 98.9 Å². The van der Waals surface area contributed by atoms with E-state index < -0.39 is 6.10 Å². The van der Waals surface area contributed by atoms with Gasteiger partial charge in [0.25, 0.3) is 0 Å². The fraction of sp³-hybridized carbons (Fsp3) is 0.680. The number of hydrogen-bond donors (Lipinski definition) is 1. The van der Waals surface area contributed by atoms with Gasteiger partial charge in [0.2, 0.25) is 0 Å². The van der Waals surface area contributed by atoms with E-state index in [0.29, 0.717) is 12.8 Å². The van der Waals surface area contributed by atoms with Crippen LogP contribution in [0, 0.1) is 0 Å². The molecule has 314 valence electrons. The number of allylic oxidation sites excluding steroid dienone is 14. The molecule has 0 amide bonds. The standard InChI is InChI=1S/C50H84O5/c1-3-5-7-9-11-13-15-17-18-19-20-21-22-23-24-25-26-27-28-29-30-31-32-33-35-37-39-41-43-45-50(53)55-48(46-51)47-54-49(52)44-42-40-38-36-34-16-14-12-10-8-6-4-2/h5,7,11-14,17-18,20-21,23-24,26-27,48,51H,3-4,6,8-10,15-16,19,22,25,28-47H2,1-2H3/b7-5-,13-11-,14-12-,18-17-,21-20-,24-23-,27-26-. The lowest BCUT2D eigenvalue weighted by Crippen LogP contribution is -2.28. The molecule has 0 aliphatic heterocycles. The van der Waals surface area contributed by atoms with E-state index in [4.69, 9.17) is 9.47 Å². The van der Waals surface area contributed by atoms with Crippen molar-refractivity contribution in [3.8, 4) is 0 Å². The highest BCUT2D eigenvalue weighted by molar-refractivity contribution is 5.70. The SMILES string of the molecule is CC/C=C\C/C=C\C/C=C\C/C=C\C/C=C\C/C=C\CCCCCCCCCCCCC(=O)OC(CO)COC(=O)CCCCCCC/C=C\CCCCC. The third-order valence-electron chi connectivity index (χ3n) is 9.42. The van der Waals surface area contributed by atoms with Crippen molar-refractivity contribution in [2.45, 2.75) is 206 Å². The van der Waals surface area contributed by atoms with Gasteiger partial charge in [-0.25, -0.2) is 0 Å². The van der Waals surface area contributed by atoms with Crippen LogP contribution in [0.4, 0.5) is 0 Å². The molecule has 0 aliphatic carbocycles. The molecule has 1 unspecified atom stereocenters. The minimum Gasteiger partial charge on any atom is -0.462 e. The molecule has 0 aromatic carbocycles. The van der Waals surface area contributed by atoms with Crippen molar-refractivity contribution in [3.05, 3.63) is 85.1 Å². The number of ether oxygens (including phenoxy) is 2. The van der Waals surface area contributed by atoms with Crippen LogP contribution in [-0.2, 0) is 19.1 Å².